The Morgan fingerprint density at radius 1 is 0.745 bits per heavy atom. The maximum atomic E-state index is 15.2. The molecule has 0 atom stereocenters. The van der Waals surface area contributed by atoms with Crippen molar-refractivity contribution in [1.82, 2.24) is 9.97 Å². The van der Waals surface area contributed by atoms with Gasteiger partial charge in [-0.2, -0.15) is 0 Å². The van der Waals surface area contributed by atoms with E-state index in [2.05, 4.69) is 39.1 Å². The summed E-state index contributed by atoms with van der Waals surface area (Å²) in [4.78, 5) is 12.2. The molecule has 0 spiro atoms. The molecule has 0 aliphatic heterocycles. The van der Waals surface area contributed by atoms with Gasteiger partial charge in [-0.1, -0.05) is 58.9 Å². The number of benzene rings is 4. The van der Waals surface area contributed by atoms with E-state index in [1.54, 1.807) is 23.2 Å². The van der Waals surface area contributed by atoms with Gasteiger partial charge in [0.15, 0.2) is 0 Å². The number of aromatic nitrogens is 2. The quantitative estimate of drug-likeness (QED) is 0.0885. The standard InChI is InChI=1S/C37H29F3N4O2.Pd/c1-22-9-11-30(24(3)16-22)44(31-12-10-23(2)17-25(31)4)27-18-26(43(5)33-8-6-7-13-41-33)19-28(20-27)46-32-21-29(37-42-14-15-45-37)34(38)36(40)35(32)39;/h6-18,20H,1-5H3;/q-2;+2. The van der Waals surface area contributed by atoms with Crippen LogP contribution in [0.15, 0.2) is 89.8 Å². The van der Waals surface area contributed by atoms with E-state index in [1.165, 1.54) is 12.5 Å². The molecular weight excluding hydrogens is 696 g/mol. The number of pyridine rings is 1. The minimum atomic E-state index is -1.74. The van der Waals surface area contributed by atoms with Gasteiger partial charge in [-0.25, -0.2) is 9.37 Å². The molecule has 0 saturated carbocycles. The van der Waals surface area contributed by atoms with E-state index < -0.39 is 28.8 Å². The Hall–Kier alpha value is -4.91. The summed E-state index contributed by atoms with van der Waals surface area (Å²) in [6.07, 6.45) is 4.12. The van der Waals surface area contributed by atoms with E-state index in [0.29, 0.717) is 17.2 Å². The second-order valence-electron chi connectivity index (χ2n) is 11.0. The predicted molar refractivity (Wildman–Crippen MR) is 172 cm³/mol. The smallest absolute Gasteiger partial charge is 0.500 e. The van der Waals surface area contributed by atoms with Crippen LogP contribution in [0, 0.1) is 57.3 Å². The molecule has 0 fully saturated rings. The fraction of sp³-hybridized carbons (Fsp3) is 0.135. The summed E-state index contributed by atoms with van der Waals surface area (Å²) in [5.74, 6) is -5.10. The van der Waals surface area contributed by atoms with Crippen LogP contribution in [-0.2, 0) is 20.4 Å². The van der Waals surface area contributed by atoms with Gasteiger partial charge in [0, 0.05) is 30.4 Å². The average molecular weight is 725 g/mol. The number of ether oxygens (including phenoxy) is 1. The van der Waals surface area contributed by atoms with Crippen LogP contribution in [0.5, 0.6) is 11.5 Å². The van der Waals surface area contributed by atoms with E-state index in [4.69, 9.17) is 9.15 Å². The molecule has 240 valence electrons. The molecule has 0 aliphatic rings. The van der Waals surface area contributed by atoms with Crippen molar-refractivity contribution in [1.29, 1.82) is 0 Å². The fourth-order valence-corrected chi connectivity index (χ4v) is 5.28. The molecule has 6 aromatic rings. The molecule has 2 aromatic heterocycles. The number of anilines is 5. The van der Waals surface area contributed by atoms with Gasteiger partial charge in [0.25, 0.3) is 0 Å². The maximum Gasteiger partial charge on any atom is 2.00 e. The number of halogens is 3. The van der Waals surface area contributed by atoms with Crippen molar-refractivity contribution in [3.8, 4) is 23.0 Å². The Morgan fingerprint density at radius 3 is 2.00 bits per heavy atom. The molecule has 0 saturated heterocycles. The van der Waals surface area contributed by atoms with Crippen molar-refractivity contribution >= 4 is 28.6 Å². The number of hydrogen-bond donors (Lipinski definition) is 0. The zero-order chi connectivity index (χ0) is 32.5. The molecule has 4 aromatic carbocycles. The van der Waals surface area contributed by atoms with Crippen LogP contribution in [0.4, 0.5) is 41.7 Å². The monoisotopic (exact) mass is 724 g/mol. The summed E-state index contributed by atoms with van der Waals surface area (Å²) >= 11 is 0. The van der Waals surface area contributed by atoms with Crippen molar-refractivity contribution in [2.45, 2.75) is 27.7 Å². The van der Waals surface area contributed by atoms with Gasteiger partial charge in [0.1, 0.15) is 23.3 Å². The molecule has 0 aliphatic carbocycles. The molecule has 0 amide bonds. The summed E-state index contributed by atoms with van der Waals surface area (Å²) < 4.78 is 55.8. The van der Waals surface area contributed by atoms with Crippen molar-refractivity contribution in [2.24, 2.45) is 0 Å². The van der Waals surface area contributed by atoms with Crippen LogP contribution in [0.25, 0.3) is 11.5 Å². The third-order valence-corrected chi connectivity index (χ3v) is 7.51. The zero-order valence-electron chi connectivity index (χ0n) is 26.1. The normalized spacial score (nSPS) is 10.8. The SMILES string of the molecule is Cc1ccc(N(c2cc(Oc3[c-]c(-c4ncco4)c(F)c(F)c3F)[c-]c(N(C)c3ccccn3)c2)c2ccc(C)cc2C)c(C)c1.[Pd+2]. The van der Waals surface area contributed by atoms with E-state index in [1.807, 2.05) is 77.2 Å². The summed E-state index contributed by atoms with van der Waals surface area (Å²) in [6, 6.07) is 27.0. The predicted octanol–water partition coefficient (Wildman–Crippen LogP) is 10.0. The first-order valence-corrected chi connectivity index (χ1v) is 14.4. The third-order valence-electron chi connectivity index (χ3n) is 7.51. The molecule has 2 heterocycles. The van der Waals surface area contributed by atoms with Gasteiger partial charge < -0.3 is 19.0 Å². The van der Waals surface area contributed by atoms with Crippen molar-refractivity contribution in [2.75, 3.05) is 16.8 Å². The Morgan fingerprint density at radius 2 is 1.43 bits per heavy atom. The van der Waals surface area contributed by atoms with Crippen LogP contribution in [0.1, 0.15) is 22.3 Å². The Labute approximate surface area is 285 Å². The average Bonchev–Trinajstić information content (AvgIpc) is 3.58. The Balaban J connectivity index is 0.00000433. The van der Waals surface area contributed by atoms with E-state index in [-0.39, 0.29) is 32.1 Å². The van der Waals surface area contributed by atoms with Crippen LogP contribution in [0.3, 0.4) is 0 Å². The second-order valence-corrected chi connectivity index (χ2v) is 11.0. The number of hydrogen-bond acceptors (Lipinski definition) is 6. The zero-order valence-corrected chi connectivity index (χ0v) is 27.7. The van der Waals surface area contributed by atoms with E-state index in [9.17, 15) is 8.78 Å². The summed E-state index contributed by atoms with van der Waals surface area (Å²) in [6.45, 7) is 8.12. The van der Waals surface area contributed by atoms with Crippen LogP contribution < -0.4 is 14.5 Å². The molecule has 6 nitrogen and oxygen atoms in total. The minimum absolute atomic E-state index is 0. The molecule has 0 bridgehead atoms. The topological polar surface area (TPSA) is 54.6 Å². The molecule has 47 heavy (non-hydrogen) atoms. The van der Waals surface area contributed by atoms with Gasteiger partial charge >= 0.3 is 20.4 Å². The summed E-state index contributed by atoms with van der Waals surface area (Å²) in [5, 5.41) is 0. The van der Waals surface area contributed by atoms with Crippen LogP contribution in [-0.4, -0.2) is 17.0 Å². The van der Waals surface area contributed by atoms with Gasteiger partial charge in [-0.05, 0) is 68.7 Å². The molecule has 6 rings (SSSR count). The summed E-state index contributed by atoms with van der Waals surface area (Å²) in [7, 11) is 1.81. The van der Waals surface area contributed by atoms with Crippen LogP contribution >= 0.6 is 0 Å². The van der Waals surface area contributed by atoms with Gasteiger partial charge in [-0.3, -0.25) is 13.8 Å². The van der Waals surface area contributed by atoms with Crippen molar-refractivity contribution in [3.05, 3.63) is 137 Å². The van der Waals surface area contributed by atoms with E-state index in [0.717, 1.165) is 33.6 Å². The van der Waals surface area contributed by atoms with Crippen molar-refractivity contribution in [3.63, 3.8) is 0 Å². The molecule has 0 radical (unpaired) electrons. The maximum absolute atomic E-state index is 15.2. The first kappa shape index (κ1) is 33.5. The first-order valence-electron chi connectivity index (χ1n) is 14.4. The first-order chi connectivity index (χ1) is 22.1. The number of aryl methyl sites for hydroxylation is 4. The van der Waals surface area contributed by atoms with E-state index >= 15 is 4.39 Å². The molecule has 0 unspecified atom stereocenters. The fourth-order valence-electron chi connectivity index (χ4n) is 5.28. The summed E-state index contributed by atoms with van der Waals surface area (Å²) in [5.41, 5.74) is 6.70. The van der Waals surface area contributed by atoms with Crippen LogP contribution in [0.2, 0.25) is 0 Å². The molecular formula is C37H29F3N4O2Pd. The second kappa shape index (κ2) is 13.8. The molecule has 10 heteroatoms. The third kappa shape index (κ3) is 6.80. The van der Waals surface area contributed by atoms with Gasteiger partial charge in [0.2, 0.25) is 0 Å². The van der Waals surface area contributed by atoms with Gasteiger partial charge in [-0.15, -0.1) is 18.2 Å². The minimum Gasteiger partial charge on any atom is -0.500 e. The van der Waals surface area contributed by atoms with Gasteiger partial charge in [0.05, 0.1) is 24.0 Å². The largest absolute Gasteiger partial charge is 2.00 e. The molecule has 0 N–H and O–H groups in total. The number of rotatable bonds is 8. The Bertz CT molecular complexity index is 1990. The number of oxazole rings is 1. The van der Waals surface area contributed by atoms with Crippen molar-refractivity contribution < 1.29 is 42.7 Å². The Kier molecular flexibility index (Phi) is 9.85. The number of nitrogens with zero attached hydrogens (tertiary/aromatic N) is 4.